The van der Waals surface area contributed by atoms with Crippen LogP contribution in [0.1, 0.15) is 26.3 Å². The lowest BCUT2D eigenvalue weighted by molar-refractivity contribution is 0.481. The van der Waals surface area contributed by atoms with Gasteiger partial charge < -0.3 is 9.29 Å². The van der Waals surface area contributed by atoms with Crippen LogP contribution in [0.2, 0.25) is 0 Å². The number of rotatable bonds is 3. The standard InChI is InChI=1S/C20H20O4S/c1-20(2,3)14-10-12-15(13-11-14)24-25(22,23)19-9-5-6-16-17(19)7-4-8-18(16)21/h4-13,21H,1-3H3. The number of hydrogen-bond acceptors (Lipinski definition) is 4. The van der Waals surface area contributed by atoms with Gasteiger partial charge in [0.05, 0.1) is 0 Å². The highest BCUT2D eigenvalue weighted by molar-refractivity contribution is 7.87. The van der Waals surface area contributed by atoms with Crippen LogP contribution in [-0.2, 0) is 15.5 Å². The molecule has 0 unspecified atom stereocenters. The minimum atomic E-state index is -4.02. The Labute approximate surface area is 147 Å². The second-order valence-electron chi connectivity index (χ2n) is 6.94. The lowest BCUT2D eigenvalue weighted by atomic mass is 9.87. The molecule has 3 aromatic carbocycles. The second kappa shape index (κ2) is 6.08. The quantitative estimate of drug-likeness (QED) is 0.696. The molecule has 0 aliphatic carbocycles. The first-order chi connectivity index (χ1) is 11.7. The summed E-state index contributed by atoms with van der Waals surface area (Å²) in [7, 11) is -4.02. The van der Waals surface area contributed by atoms with Gasteiger partial charge in [0.15, 0.2) is 0 Å². The predicted octanol–water partition coefficient (Wildman–Crippen LogP) is 4.61. The molecule has 25 heavy (non-hydrogen) atoms. The van der Waals surface area contributed by atoms with E-state index >= 15 is 0 Å². The largest absolute Gasteiger partial charge is 0.507 e. The molecule has 1 N–H and O–H groups in total. The Bertz CT molecular complexity index is 1010. The smallest absolute Gasteiger partial charge is 0.339 e. The van der Waals surface area contributed by atoms with E-state index in [1.807, 2.05) is 12.1 Å². The molecule has 3 rings (SSSR count). The van der Waals surface area contributed by atoms with Crippen LogP contribution in [-0.4, -0.2) is 13.5 Å². The molecule has 0 aliphatic heterocycles. The van der Waals surface area contributed by atoms with E-state index in [0.29, 0.717) is 10.8 Å². The van der Waals surface area contributed by atoms with Gasteiger partial charge in [0.1, 0.15) is 16.4 Å². The van der Waals surface area contributed by atoms with Gasteiger partial charge >= 0.3 is 10.1 Å². The molecule has 0 amide bonds. The van der Waals surface area contributed by atoms with Crippen molar-refractivity contribution in [2.45, 2.75) is 31.1 Å². The van der Waals surface area contributed by atoms with E-state index < -0.39 is 10.1 Å². The van der Waals surface area contributed by atoms with Gasteiger partial charge in [-0.3, -0.25) is 0 Å². The molecule has 0 fully saturated rings. The molecule has 3 aromatic rings. The maximum absolute atomic E-state index is 12.7. The highest BCUT2D eigenvalue weighted by Gasteiger charge is 2.21. The minimum Gasteiger partial charge on any atom is -0.507 e. The highest BCUT2D eigenvalue weighted by atomic mass is 32.2. The van der Waals surface area contributed by atoms with Crippen LogP contribution in [0.3, 0.4) is 0 Å². The number of phenols is 1. The summed E-state index contributed by atoms with van der Waals surface area (Å²) in [6.45, 7) is 6.26. The lowest BCUT2D eigenvalue weighted by Gasteiger charge is -2.19. The summed E-state index contributed by atoms with van der Waals surface area (Å²) < 4.78 is 30.7. The first kappa shape index (κ1) is 17.3. The minimum absolute atomic E-state index is 0.0232. The molecule has 0 heterocycles. The van der Waals surface area contributed by atoms with Crippen molar-refractivity contribution in [1.82, 2.24) is 0 Å². The van der Waals surface area contributed by atoms with Crippen molar-refractivity contribution in [2.24, 2.45) is 0 Å². The third-order valence-electron chi connectivity index (χ3n) is 4.05. The fraction of sp³-hybridized carbons (Fsp3) is 0.200. The van der Waals surface area contributed by atoms with Crippen molar-refractivity contribution in [1.29, 1.82) is 0 Å². The van der Waals surface area contributed by atoms with Crippen molar-refractivity contribution >= 4 is 20.9 Å². The summed E-state index contributed by atoms with van der Waals surface area (Å²) in [5, 5.41) is 10.8. The molecule has 0 saturated carbocycles. The van der Waals surface area contributed by atoms with Crippen LogP contribution < -0.4 is 4.18 Å². The normalized spacial score (nSPS) is 12.3. The molecule has 0 aromatic heterocycles. The number of fused-ring (bicyclic) bond motifs is 1. The van der Waals surface area contributed by atoms with Gasteiger partial charge in [-0.05, 0) is 35.2 Å². The van der Waals surface area contributed by atoms with E-state index in [1.165, 1.54) is 12.1 Å². The molecule has 0 spiro atoms. The van der Waals surface area contributed by atoms with Gasteiger partial charge in [-0.2, -0.15) is 8.42 Å². The first-order valence-electron chi connectivity index (χ1n) is 7.94. The maximum Gasteiger partial charge on any atom is 0.339 e. The first-order valence-corrected chi connectivity index (χ1v) is 9.35. The van der Waals surface area contributed by atoms with E-state index in [2.05, 4.69) is 20.8 Å². The Hall–Kier alpha value is -2.53. The maximum atomic E-state index is 12.7. The monoisotopic (exact) mass is 356 g/mol. The van der Waals surface area contributed by atoms with Crippen molar-refractivity contribution in [2.75, 3.05) is 0 Å². The average Bonchev–Trinajstić information content (AvgIpc) is 2.54. The zero-order valence-electron chi connectivity index (χ0n) is 14.4. The second-order valence-corrected chi connectivity index (χ2v) is 8.45. The molecular weight excluding hydrogens is 336 g/mol. The van der Waals surface area contributed by atoms with Crippen LogP contribution in [0, 0.1) is 0 Å². The molecule has 0 saturated heterocycles. The molecular formula is C20H20O4S. The van der Waals surface area contributed by atoms with Gasteiger partial charge in [-0.25, -0.2) is 0 Å². The zero-order chi connectivity index (χ0) is 18.2. The molecule has 0 radical (unpaired) electrons. The van der Waals surface area contributed by atoms with Crippen molar-refractivity contribution in [3.63, 3.8) is 0 Å². The predicted molar refractivity (Wildman–Crippen MR) is 98.6 cm³/mol. The summed E-state index contributed by atoms with van der Waals surface area (Å²) in [4.78, 5) is 0.0285. The lowest BCUT2D eigenvalue weighted by Crippen LogP contribution is -2.12. The van der Waals surface area contributed by atoms with Crippen molar-refractivity contribution in [3.05, 3.63) is 66.2 Å². The molecule has 5 heteroatoms. The topological polar surface area (TPSA) is 63.6 Å². The van der Waals surface area contributed by atoms with E-state index in [1.54, 1.807) is 36.4 Å². The van der Waals surface area contributed by atoms with Crippen LogP contribution in [0.15, 0.2) is 65.6 Å². The Kier molecular flexibility index (Phi) is 4.21. The Morgan fingerprint density at radius 1 is 0.840 bits per heavy atom. The third-order valence-corrected chi connectivity index (χ3v) is 5.36. The van der Waals surface area contributed by atoms with E-state index in [9.17, 15) is 13.5 Å². The summed E-state index contributed by atoms with van der Waals surface area (Å²) in [5.41, 5.74) is 1.07. The molecule has 130 valence electrons. The number of phenolic OH excluding ortho intramolecular Hbond substituents is 1. The SMILES string of the molecule is CC(C)(C)c1ccc(OS(=O)(=O)c2cccc3c(O)cccc23)cc1. The average molecular weight is 356 g/mol. The van der Waals surface area contributed by atoms with E-state index in [0.717, 1.165) is 5.56 Å². The summed E-state index contributed by atoms with van der Waals surface area (Å²) in [6, 6.07) is 16.5. The molecule has 0 aliphatic rings. The molecule has 0 bridgehead atoms. The van der Waals surface area contributed by atoms with Crippen molar-refractivity contribution in [3.8, 4) is 11.5 Å². The van der Waals surface area contributed by atoms with Gasteiger partial charge in [-0.15, -0.1) is 0 Å². The number of hydrogen-bond donors (Lipinski definition) is 1. The summed E-state index contributed by atoms with van der Waals surface area (Å²) >= 11 is 0. The van der Waals surface area contributed by atoms with Gasteiger partial charge in [-0.1, -0.05) is 57.2 Å². The van der Waals surface area contributed by atoms with E-state index in [-0.39, 0.29) is 21.8 Å². The fourth-order valence-electron chi connectivity index (χ4n) is 2.66. The van der Waals surface area contributed by atoms with Crippen LogP contribution in [0.5, 0.6) is 11.5 Å². The highest BCUT2D eigenvalue weighted by Crippen LogP contribution is 2.31. The number of benzene rings is 3. The van der Waals surface area contributed by atoms with Crippen LogP contribution in [0.4, 0.5) is 0 Å². The number of aromatic hydroxyl groups is 1. The molecule has 4 nitrogen and oxygen atoms in total. The summed E-state index contributed by atoms with van der Waals surface area (Å²) in [6.07, 6.45) is 0. The Morgan fingerprint density at radius 3 is 2.08 bits per heavy atom. The zero-order valence-corrected chi connectivity index (χ0v) is 15.2. The fourth-order valence-corrected chi connectivity index (χ4v) is 3.81. The Morgan fingerprint density at radius 2 is 1.44 bits per heavy atom. The van der Waals surface area contributed by atoms with E-state index in [4.69, 9.17) is 4.18 Å². The summed E-state index contributed by atoms with van der Waals surface area (Å²) in [5.74, 6) is 0.286. The third kappa shape index (κ3) is 3.46. The van der Waals surface area contributed by atoms with Gasteiger partial charge in [0.25, 0.3) is 0 Å². The van der Waals surface area contributed by atoms with Crippen LogP contribution in [0.25, 0.3) is 10.8 Å². The van der Waals surface area contributed by atoms with Gasteiger partial charge in [0, 0.05) is 10.8 Å². The van der Waals surface area contributed by atoms with Crippen molar-refractivity contribution < 1.29 is 17.7 Å². The van der Waals surface area contributed by atoms with Crippen LogP contribution >= 0.6 is 0 Å². The van der Waals surface area contributed by atoms with Gasteiger partial charge in [0.2, 0.25) is 0 Å². The molecule has 0 atom stereocenters. The Balaban J connectivity index is 1.99.